The number of carbonyl (C=O) groups excluding carboxylic acids is 1. The molecule has 0 radical (unpaired) electrons. The summed E-state index contributed by atoms with van der Waals surface area (Å²) in [6, 6.07) is 16.0. The van der Waals surface area contributed by atoms with Crippen LogP contribution in [-0.4, -0.2) is 47.7 Å². The van der Waals surface area contributed by atoms with Crippen molar-refractivity contribution >= 4 is 28.9 Å². The molecular weight excluding hydrogens is 486 g/mol. The molecule has 1 aliphatic carbocycles. The van der Waals surface area contributed by atoms with E-state index in [-0.39, 0.29) is 23.8 Å². The van der Waals surface area contributed by atoms with Crippen molar-refractivity contribution in [3.8, 4) is 5.75 Å². The maximum absolute atomic E-state index is 13.2. The molecule has 2 fully saturated rings. The summed E-state index contributed by atoms with van der Waals surface area (Å²) in [5.74, 6) is 0.800. The summed E-state index contributed by atoms with van der Waals surface area (Å²) in [4.78, 5) is 19.9. The highest BCUT2D eigenvalue weighted by Gasteiger charge is 2.34. The zero-order valence-electron chi connectivity index (χ0n) is 20.9. The average Bonchev–Trinajstić information content (AvgIpc) is 3.75. The number of hydrogen-bond acceptors (Lipinski definition) is 6. The van der Waals surface area contributed by atoms with Crippen molar-refractivity contribution in [3.05, 3.63) is 88.2 Å². The van der Waals surface area contributed by atoms with E-state index < -0.39 is 0 Å². The van der Waals surface area contributed by atoms with Gasteiger partial charge in [0, 0.05) is 41.7 Å². The monoisotopic (exact) mass is 517 g/mol. The summed E-state index contributed by atoms with van der Waals surface area (Å²) < 4.78 is 6.14. The first kappa shape index (κ1) is 25.2. The number of nitrogens with two attached hydrogens (primary N) is 1. The Morgan fingerprint density at radius 3 is 2.54 bits per heavy atom. The van der Waals surface area contributed by atoms with Gasteiger partial charge in [-0.15, -0.1) is 0 Å². The summed E-state index contributed by atoms with van der Waals surface area (Å²) in [5.41, 5.74) is 9.25. The lowest BCUT2D eigenvalue weighted by molar-refractivity contribution is 0.0930. The van der Waals surface area contributed by atoms with Gasteiger partial charge in [0.1, 0.15) is 11.9 Å². The first-order valence-corrected chi connectivity index (χ1v) is 13.1. The SMILES string of the molecule is CN1CCC(Oc2ccc(C(=N)c3cc(C(=O)NC(c4ccccn4)C4CC4)ccc3N)cc2Cl)CC1. The number of nitrogens with zero attached hydrogens (tertiary/aromatic N) is 2. The Bertz CT molecular complexity index is 1290. The van der Waals surface area contributed by atoms with E-state index >= 15 is 0 Å². The van der Waals surface area contributed by atoms with Gasteiger partial charge in [-0.2, -0.15) is 0 Å². The zero-order valence-corrected chi connectivity index (χ0v) is 21.7. The van der Waals surface area contributed by atoms with Crippen LogP contribution in [0.3, 0.4) is 0 Å². The topological polar surface area (TPSA) is 104 Å². The van der Waals surface area contributed by atoms with E-state index in [9.17, 15) is 4.79 Å². The molecule has 1 aliphatic heterocycles. The van der Waals surface area contributed by atoms with Gasteiger partial charge in [0.25, 0.3) is 5.91 Å². The number of pyridine rings is 1. The van der Waals surface area contributed by atoms with Gasteiger partial charge in [-0.1, -0.05) is 17.7 Å². The number of carbonyl (C=O) groups is 1. The molecule has 1 saturated heterocycles. The molecule has 3 aromatic rings. The summed E-state index contributed by atoms with van der Waals surface area (Å²) in [5, 5.41) is 12.4. The molecular formula is C29H32ClN5O2. The number of anilines is 1. The van der Waals surface area contributed by atoms with Crippen LogP contribution in [0.2, 0.25) is 5.02 Å². The van der Waals surface area contributed by atoms with Crippen molar-refractivity contribution in [2.24, 2.45) is 5.92 Å². The highest BCUT2D eigenvalue weighted by Crippen LogP contribution is 2.40. The van der Waals surface area contributed by atoms with Crippen LogP contribution in [0.4, 0.5) is 5.69 Å². The fraction of sp³-hybridized carbons (Fsp3) is 0.345. The van der Waals surface area contributed by atoms with Crippen LogP contribution >= 0.6 is 11.6 Å². The minimum atomic E-state index is -0.212. The number of nitrogens with one attached hydrogen (secondary N) is 2. The number of benzene rings is 2. The van der Waals surface area contributed by atoms with Crippen molar-refractivity contribution < 1.29 is 9.53 Å². The Hall–Kier alpha value is -3.42. The standard InChI is InChI=1S/C29H32ClN5O2/c1-35-14-11-21(12-15-35)37-26-10-8-19(17-23(26)30)27(32)22-16-20(7-9-24(22)31)29(36)34-28(18-5-6-18)25-4-2-3-13-33-25/h2-4,7-10,13,16-18,21,28,32H,5-6,11-12,14-15,31H2,1H3,(H,34,36). The van der Waals surface area contributed by atoms with Crippen LogP contribution < -0.4 is 15.8 Å². The molecule has 2 aromatic carbocycles. The Morgan fingerprint density at radius 2 is 1.86 bits per heavy atom. The Morgan fingerprint density at radius 1 is 1.11 bits per heavy atom. The van der Waals surface area contributed by atoms with Gasteiger partial charge in [-0.05, 0) is 87.2 Å². The Kier molecular flexibility index (Phi) is 7.44. The molecule has 5 rings (SSSR count). The Labute approximate surface area is 222 Å². The lowest BCUT2D eigenvalue weighted by Gasteiger charge is -2.29. The van der Waals surface area contributed by atoms with Crippen molar-refractivity contribution in [3.63, 3.8) is 0 Å². The van der Waals surface area contributed by atoms with E-state index in [1.807, 2.05) is 30.3 Å². The smallest absolute Gasteiger partial charge is 0.251 e. The van der Waals surface area contributed by atoms with E-state index in [0.29, 0.717) is 39.1 Å². The molecule has 8 heteroatoms. The van der Waals surface area contributed by atoms with Crippen LogP contribution in [0.1, 0.15) is 58.9 Å². The fourth-order valence-corrected chi connectivity index (χ4v) is 4.98. The van der Waals surface area contributed by atoms with Crippen molar-refractivity contribution in [1.82, 2.24) is 15.2 Å². The third-order valence-corrected chi connectivity index (χ3v) is 7.45. The van der Waals surface area contributed by atoms with Gasteiger partial charge >= 0.3 is 0 Å². The molecule has 192 valence electrons. The predicted octanol–water partition coefficient (Wildman–Crippen LogP) is 5.09. The van der Waals surface area contributed by atoms with E-state index in [1.54, 1.807) is 30.5 Å². The molecule has 1 saturated carbocycles. The van der Waals surface area contributed by atoms with E-state index in [2.05, 4.69) is 22.2 Å². The zero-order chi connectivity index (χ0) is 25.9. The minimum Gasteiger partial charge on any atom is -0.489 e. The summed E-state index contributed by atoms with van der Waals surface area (Å²) in [7, 11) is 2.11. The van der Waals surface area contributed by atoms with Crippen LogP contribution in [0.15, 0.2) is 60.8 Å². The third kappa shape index (κ3) is 5.95. The summed E-state index contributed by atoms with van der Waals surface area (Å²) in [6.07, 6.45) is 5.93. The molecule has 2 heterocycles. The van der Waals surface area contributed by atoms with Crippen LogP contribution in [0.25, 0.3) is 0 Å². The van der Waals surface area contributed by atoms with Gasteiger partial charge in [0.05, 0.1) is 22.5 Å². The van der Waals surface area contributed by atoms with Crippen LogP contribution in [0, 0.1) is 11.3 Å². The van der Waals surface area contributed by atoms with Gasteiger partial charge in [-0.3, -0.25) is 15.2 Å². The first-order chi connectivity index (χ1) is 17.9. The number of aromatic nitrogens is 1. The number of likely N-dealkylation sites (tertiary alicyclic amines) is 1. The minimum absolute atomic E-state index is 0.134. The number of nitrogen functional groups attached to an aromatic ring is 1. The van der Waals surface area contributed by atoms with Crippen molar-refractivity contribution in [2.75, 3.05) is 25.9 Å². The maximum Gasteiger partial charge on any atom is 0.251 e. The van der Waals surface area contributed by atoms with Crippen molar-refractivity contribution in [1.29, 1.82) is 5.41 Å². The quantitative estimate of drug-likeness (QED) is 0.285. The van der Waals surface area contributed by atoms with Gasteiger partial charge in [0.15, 0.2) is 0 Å². The number of ether oxygens (including phenoxy) is 1. The number of piperidine rings is 1. The molecule has 0 bridgehead atoms. The maximum atomic E-state index is 13.2. The third-order valence-electron chi connectivity index (χ3n) is 7.15. The molecule has 4 N–H and O–H groups in total. The van der Waals surface area contributed by atoms with Crippen LogP contribution in [0.5, 0.6) is 5.75 Å². The highest BCUT2D eigenvalue weighted by molar-refractivity contribution is 6.32. The van der Waals surface area contributed by atoms with Crippen LogP contribution in [-0.2, 0) is 0 Å². The van der Waals surface area contributed by atoms with Gasteiger partial charge < -0.3 is 20.7 Å². The molecule has 1 atom stereocenters. The van der Waals surface area contributed by atoms with E-state index in [1.165, 1.54) is 0 Å². The molecule has 1 unspecified atom stereocenters. The molecule has 2 aliphatic rings. The highest BCUT2D eigenvalue weighted by atomic mass is 35.5. The average molecular weight is 518 g/mol. The summed E-state index contributed by atoms with van der Waals surface area (Å²) in [6.45, 7) is 1.99. The molecule has 37 heavy (non-hydrogen) atoms. The molecule has 0 spiro atoms. The molecule has 7 nitrogen and oxygen atoms in total. The molecule has 1 amide bonds. The molecule has 1 aromatic heterocycles. The largest absolute Gasteiger partial charge is 0.489 e. The number of halogens is 1. The van der Waals surface area contributed by atoms with Gasteiger partial charge in [0.2, 0.25) is 0 Å². The second-order valence-electron chi connectivity index (χ2n) is 9.99. The van der Waals surface area contributed by atoms with E-state index in [0.717, 1.165) is 44.5 Å². The summed E-state index contributed by atoms with van der Waals surface area (Å²) >= 11 is 6.55. The second-order valence-corrected chi connectivity index (χ2v) is 10.4. The van der Waals surface area contributed by atoms with E-state index in [4.69, 9.17) is 27.5 Å². The first-order valence-electron chi connectivity index (χ1n) is 12.7. The van der Waals surface area contributed by atoms with Crippen molar-refractivity contribution in [2.45, 2.75) is 37.8 Å². The lowest BCUT2D eigenvalue weighted by atomic mass is 9.98. The second kappa shape index (κ2) is 10.9. The van der Waals surface area contributed by atoms with Gasteiger partial charge in [-0.25, -0.2) is 0 Å². The number of hydrogen-bond donors (Lipinski definition) is 3. The number of rotatable bonds is 8. The lowest BCUT2D eigenvalue weighted by Crippen LogP contribution is -2.35. The Balaban J connectivity index is 1.31. The predicted molar refractivity (Wildman–Crippen MR) is 147 cm³/mol. The number of amides is 1. The fourth-order valence-electron chi connectivity index (χ4n) is 4.75. The normalized spacial score (nSPS) is 17.2.